The Hall–Kier alpha value is -1.71. The van der Waals surface area contributed by atoms with Crippen LogP contribution < -0.4 is 9.47 Å². The molecule has 0 spiro atoms. The van der Waals surface area contributed by atoms with Crippen molar-refractivity contribution in [3.05, 3.63) is 17.7 Å². The Labute approximate surface area is 88.4 Å². The number of phenols is 1. The van der Waals surface area contributed by atoms with E-state index >= 15 is 0 Å². The first-order valence-electron chi connectivity index (χ1n) is 4.80. The number of aromatic hydroxyl groups is 1. The van der Waals surface area contributed by atoms with E-state index in [1.165, 1.54) is 12.1 Å². The number of benzene rings is 1. The Morgan fingerprint density at radius 1 is 1.20 bits per heavy atom. The topological polar surface area (TPSA) is 55.8 Å². The summed E-state index contributed by atoms with van der Waals surface area (Å²) in [6.45, 7) is 4.48. The predicted molar refractivity (Wildman–Crippen MR) is 55.8 cm³/mol. The van der Waals surface area contributed by atoms with E-state index in [1.807, 2.05) is 6.92 Å². The highest BCUT2D eigenvalue weighted by Gasteiger charge is 2.10. The highest BCUT2D eigenvalue weighted by Crippen LogP contribution is 2.33. The van der Waals surface area contributed by atoms with Crippen LogP contribution in [0.25, 0.3) is 0 Å². The zero-order valence-electron chi connectivity index (χ0n) is 8.82. The Bertz CT molecular complexity index is 347. The number of phenolic OH excluding ortho intramolecular Hbond substituents is 1. The van der Waals surface area contributed by atoms with E-state index < -0.39 is 0 Å². The molecule has 4 heteroatoms. The summed E-state index contributed by atoms with van der Waals surface area (Å²) in [7, 11) is 0. The fourth-order valence-corrected chi connectivity index (χ4v) is 1.21. The molecule has 0 heterocycles. The van der Waals surface area contributed by atoms with Crippen molar-refractivity contribution in [1.29, 1.82) is 0 Å². The first-order valence-corrected chi connectivity index (χ1v) is 4.80. The van der Waals surface area contributed by atoms with Crippen LogP contribution in [-0.4, -0.2) is 24.6 Å². The summed E-state index contributed by atoms with van der Waals surface area (Å²) in [5.74, 6) is 0.641. The molecule has 0 amide bonds. The summed E-state index contributed by atoms with van der Waals surface area (Å²) in [5.41, 5.74) is 0.373. The molecule has 0 atom stereocenters. The third kappa shape index (κ3) is 2.62. The van der Waals surface area contributed by atoms with E-state index in [9.17, 15) is 9.90 Å². The monoisotopic (exact) mass is 210 g/mol. The van der Waals surface area contributed by atoms with Crippen molar-refractivity contribution in [2.45, 2.75) is 13.8 Å². The van der Waals surface area contributed by atoms with E-state index in [0.717, 1.165) is 0 Å². The first-order chi connectivity index (χ1) is 7.22. The highest BCUT2D eigenvalue weighted by atomic mass is 16.5. The number of carbonyl (C=O) groups is 1. The second-order valence-corrected chi connectivity index (χ2v) is 2.84. The quantitative estimate of drug-likeness (QED) is 0.755. The smallest absolute Gasteiger partial charge is 0.161 e. The Morgan fingerprint density at radius 2 is 1.80 bits per heavy atom. The Morgan fingerprint density at radius 3 is 2.33 bits per heavy atom. The second kappa shape index (κ2) is 5.24. The van der Waals surface area contributed by atoms with Crippen LogP contribution in [0.15, 0.2) is 12.1 Å². The van der Waals surface area contributed by atoms with Crippen LogP contribution in [0, 0.1) is 0 Å². The fourth-order valence-electron chi connectivity index (χ4n) is 1.21. The van der Waals surface area contributed by atoms with E-state index in [0.29, 0.717) is 36.6 Å². The lowest BCUT2D eigenvalue weighted by Gasteiger charge is -2.10. The standard InChI is InChI=1S/C11H14O4/c1-3-14-10-6-9(13)11(15-4-2)5-8(10)7-12/h5-7,13H,3-4H2,1-2H3. The van der Waals surface area contributed by atoms with Gasteiger partial charge in [0.05, 0.1) is 18.8 Å². The molecule has 1 N–H and O–H groups in total. The van der Waals surface area contributed by atoms with E-state index in [-0.39, 0.29) is 5.75 Å². The molecular formula is C11H14O4. The molecule has 1 aromatic rings. The number of aldehydes is 1. The average molecular weight is 210 g/mol. The lowest BCUT2D eigenvalue weighted by atomic mass is 10.2. The van der Waals surface area contributed by atoms with Gasteiger partial charge < -0.3 is 14.6 Å². The van der Waals surface area contributed by atoms with Gasteiger partial charge in [-0.05, 0) is 19.9 Å². The van der Waals surface area contributed by atoms with Crippen molar-refractivity contribution in [3.63, 3.8) is 0 Å². The van der Waals surface area contributed by atoms with Crippen molar-refractivity contribution >= 4 is 6.29 Å². The number of ether oxygens (including phenoxy) is 2. The van der Waals surface area contributed by atoms with Crippen LogP contribution in [0.3, 0.4) is 0 Å². The van der Waals surface area contributed by atoms with Crippen LogP contribution in [0.2, 0.25) is 0 Å². The second-order valence-electron chi connectivity index (χ2n) is 2.84. The molecule has 0 aromatic heterocycles. The van der Waals surface area contributed by atoms with Gasteiger partial charge in [-0.3, -0.25) is 4.79 Å². The molecule has 0 aliphatic rings. The van der Waals surface area contributed by atoms with Crippen molar-refractivity contribution in [1.82, 2.24) is 0 Å². The van der Waals surface area contributed by atoms with Gasteiger partial charge in [-0.1, -0.05) is 0 Å². The van der Waals surface area contributed by atoms with Gasteiger partial charge in [-0.25, -0.2) is 0 Å². The summed E-state index contributed by atoms with van der Waals surface area (Å²) in [5, 5.41) is 9.55. The van der Waals surface area contributed by atoms with Gasteiger partial charge in [0.15, 0.2) is 17.8 Å². The molecule has 1 aromatic carbocycles. The van der Waals surface area contributed by atoms with Crippen LogP contribution in [0.4, 0.5) is 0 Å². The van der Waals surface area contributed by atoms with Gasteiger partial charge in [0.1, 0.15) is 5.75 Å². The number of carbonyl (C=O) groups excluding carboxylic acids is 1. The van der Waals surface area contributed by atoms with E-state index in [2.05, 4.69) is 0 Å². The maximum absolute atomic E-state index is 10.8. The van der Waals surface area contributed by atoms with Crippen LogP contribution in [0.1, 0.15) is 24.2 Å². The van der Waals surface area contributed by atoms with Gasteiger partial charge in [-0.15, -0.1) is 0 Å². The molecule has 0 radical (unpaired) electrons. The summed E-state index contributed by atoms with van der Waals surface area (Å²) >= 11 is 0. The molecule has 0 aliphatic heterocycles. The minimum absolute atomic E-state index is 0.0223. The molecular weight excluding hydrogens is 196 g/mol. The van der Waals surface area contributed by atoms with Crippen molar-refractivity contribution in [2.24, 2.45) is 0 Å². The zero-order chi connectivity index (χ0) is 11.3. The largest absolute Gasteiger partial charge is 0.504 e. The molecule has 0 saturated carbocycles. The molecule has 0 aliphatic carbocycles. The molecule has 82 valence electrons. The highest BCUT2D eigenvalue weighted by molar-refractivity contribution is 5.81. The van der Waals surface area contributed by atoms with E-state index in [1.54, 1.807) is 6.92 Å². The van der Waals surface area contributed by atoms with Gasteiger partial charge in [0.2, 0.25) is 0 Å². The third-order valence-electron chi connectivity index (χ3n) is 1.82. The lowest BCUT2D eigenvalue weighted by Crippen LogP contribution is -1.98. The Balaban J connectivity index is 3.10. The van der Waals surface area contributed by atoms with Crippen molar-refractivity contribution < 1.29 is 19.4 Å². The molecule has 4 nitrogen and oxygen atoms in total. The molecule has 0 unspecified atom stereocenters. The van der Waals surface area contributed by atoms with Crippen molar-refractivity contribution in [2.75, 3.05) is 13.2 Å². The number of hydrogen-bond acceptors (Lipinski definition) is 4. The SMILES string of the molecule is CCOc1cc(C=O)c(OCC)cc1O. The minimum Gasteiger partial charge on any atom is -0.504 e. The lowest BCUT2D eigenvalue weighted by molar-refractivity contribution is 0.111. The van der Waals surface area contributed by atoms with Crippen LogP contribution in [0.5, 0.6) is 17.2 Å². The van der Waals surface area contributed by atoms with Gasteiger partial charge >= 0.3 is 0 Å². The average Bonchev–Trinajstić information content (AvgIpc) is 2.22. The van der Waals surface area contributed by atoms with Gasteiger partial charge in [-0.2, -0.15) is 0 Å². The summed E-state index contributed by atoms with van der Waals surface area (Å²) in [6.07, 6.45) is 0.674. The minimum atomic E-state index is -0.0223. The summed E-state index contributed by atoms with van der Waals surface area (Å²) < 4.78 is 10.3. The number of rotatable bonds is 5. The fraction of sp³-hybridized carbons (Fsp3) is 0.364. The Kier molecular flexibility index (Phi) is 3.97. The maximum atomic E-state index is 10.8. The maximum Gasteiger partial charge on any atom is 0.161 e. The predicted octanol–water partition coefficient (Wildman–Crippen LogP) is 2.00. The van der Waals surface area contributed by atoms with Crippen LogP contribution in [-0.2, 0) is 0 Å². The van der Waals surface area contributed by atoms with Gasteiger partial charge in [0.25, 0.3) is 0 Å². The molecule has 0 fully saturated rings. The summed E-state index contributed by atoms with van der Waals surface area (Å²) in [6, 6.07) is 2.86. The zero-order valence-corrected chi connectivity index (χ0v) is 8.82. The van der Waals surface area contributed by atoms with Gasteiger partial charge in [0, 0.05) is 6.07 Å². The first kappa shape index (κ1) is 11.4. The molecule has 0 saturated heterocycles. The van der Waals surface area contributed by atoms with E-state index in [4.69, 9.17) is 9.47 Å². The number of hydrogen-bond donors (Lipinski definition) is 1. The molecule has 15 heavy (non-hydrogen) atoms. The normalized spacial score (nSPS) is 9.73. The van der Waals surface area contributed by atoms with Crippen LogP contribution >= 0.6 is 0 Å². The summed E-state index contributed by atoms with van der Waals surface area (Å²) in [4.78, 5) is 10.8. The molecule has 0 bridgehead atoms. The van der Waals surface area contributed by atoms with Crippen molar-refractivity contribution in [3.8, 4) is 17.2 Å². The third-order valence-corrected chi connectivity index (χ3v) is 1.82. The molecule has 1 rings (SSSR count).